The van der Waals surface area contributed by atoms with E-state index in [1.54, 1.807) is 4.90 Å². The van der Waals surface area contributed by atoms with Gasteiger partial charge in [-0.3, -0.25) is 9.63 Å². The summed E-state index contributed by atoms with van der Waals surface area (Å²) in [4.78, 5) is 32.2. The van der Waals surface area contributed by atoms with Gasteiger partial charge in [-0.05, 0) is 39.2 Å². The average Bonchev–Trinajstić information content (AvgIpc) is 2.58. The molecule has 0 saturated carbocycles. The fourth-order valence-corrected chi connectivity index (χ4v) is 3.34. The van der Waals surface area contributed by atoms with Crippen molar-refractivity contribution < 1.29 is 19.2 Å². The summed E-state index contributed by atoms with van der Waals surface area (Å²) in [6.07, 6.45) is 1.25. The zero-order chi connectivity index (χ0) is 18.1. The Bertz CT molecular complexity index is 641. The average molecular weight is 346 g/mol. The Morgan fingerprint density at radius 2 is 1.92 bits per heavy atom. The molecule has 25 heavy (non-hydrogen) atoms. The van der Waals surface area contributed by atoms with Crippen molar-refractivity contribution in [2.75, 3.05) is 19.6 Å². The number of β-lactam (4-membered cyclic amide) rings is 1. The lowest BCUT2D eigenvalue weighted by molar-refractivity contribution is -0.248. The van der Waals surface area contributed by atoms with Gasteiger partial charge < -0.3 is 9.64 Å². The highest BCUT2D eigenvalue weighted by molar-refractivity contribution is 5.88. The second-order valence-electron chi connectivity index (χ2n) is 7.89. The fraction of sp³-hybridized carbons (Fsp3) is 0.579. The molecule has 2 saturated heterocycles. The van der Waals surface area contributed by atoms with E-state index in [9.17, 15) is 9.59 Å². The third-order valence-electron chi connectivity index (χ3n) is 4.58. The van der Waals surface area contributed by atoms with Crippen LogP contribution in [0.15, 0.2) is 30.3 Å². The maximum atomic E-state index is 12.6. The lowest BCUT2D eigenvalue weighted by Gasteiger charge is -2.51. The number of rotatable bonds is 3. The molecule has 1 aromatic rings. The molecule has 2 fully saturated rings. The minimum Gasteiger partial charge on any atom is -0.444 e. The lowest BCUT2D eigenvalue weighted by atomic mass is 9.73. The molecule has 2 amide bonds. The fourth-order valence-electron chi connectivity index (χ4n) is 3.34. The SMILES string of the molecule is CC(C)(C)OC(=O)N1CCCC2(C1)CN(OCc1ccccc1)C2=O. The number of ether oxygens (including phenoxy) is 1. The highest BCUT2D eigenvalue weighted by atomic mass is 16.7. The molecule has 2 heterocycles. The van der Waals surface area contributed by atoms with Crippen molar-refractivity contribution in [1.82, 2.24) is 9.96 Å². The summed E-state index contributed by atoms with van der Waals surface area (Å²) in [7, 11) is 0. The molecule has 136 valence electrons. The summed E-state index contributed by atoms with van der Waals surface area (Å²) >= 11 is 0. The zero-order valence-corrected chi connectivity index (χ0v) is 15.2. The van der Waals surface area contributed by atoms with E-state index < -0.39 is 11.0 Å². The minimum absolute atomic E-state index is 0.0308. The Morgan fingerprint density at radius 1 is 1.20 bits per heavy atom. The van der Waals surface area contributed by atoms with Crippen LogP contribution in [0.5, 0.6) is 0 Å². The molecule has 1 unspecified atom stereocenters. The lowest BCUT2D eigenvalue weighted by Crippen LogP contribution is -2.67. The summed E-state index contributed by atoms with van der Waals surface area (Å²) in [6.45, 7) is 7.48. The Balaban J connectivity index is 1.55. The van der Waals surface area contributed by atoms with Crippen LogP contribution in [-0.2, 0) is 21.0 Å². The van der Waals surface area contributed by atoms with Crippen LogP contribution in [0, 0.1) is 5.41 Å². The summed E-state index contributed by atoms with van der Waals surface area (Å²) < 4.78 is 5.44. The molecular formula is C19H26N2O4. The largest absolute Gasteiger partial charge is 0.444 e. The number of hydroxylamine groups is 2. The number of carbonyl (C=O) groups excluding carboxylic acids is 2. The van der Waals surface area contributed by atoms with Crippen LogP contribution in [0.4, 0.5) is 4.79 Å². The van der Waals surface area contributed by atoms with Gasteiger partial charge in [0.2, 0.25) is 0 Å². The van der Waals surface area contributed by atoms with Crippen molar-refractivity contribution in [1.29, 1.82) is 0 Å². The van der Waals surface area contributed by atoms with Crippen LogP contribution in [0.25, 0.3) is 0 Å². The molecule has 0 bridgehead atoms. The molecule has 0 radical (unpaired) electrons. The van der Waals surface area contributed by atoms with Gasteiger partial charge in [-0.2, -0.15) is 0 Å². The highest BCUT2D eigenvalue weighted by Crippen LogP contribution is 2.41. The number of nitrogens with zero attached hydrogens (tertiary/aromatic N) is 2. The van der Waals surface area contributed by atoms with Gasteiger partial charge in [0.25, 0.3) is 5.91 Å². The summed E-state index contributed by atoms with van der Waals surface area (Å²) in [5, 5.41) is 1.42. The molecule has 0 aliphatic carbocycles. The molecule has 0 aromatic heterocycles. The van der Waals surface area contributed by atoms with Crippen LogP contribution in [0.2, 0.25) is 0 Å². The third kappa shape index (κ3) is 3.95. The van der Waals surface area contributed by atoms with Gasteiger partial charge in [0, 0.05) is 13.1 Å². The van der Waals surface area contributed by atoms with Crippen molar-refractivity contribution in [2.24, 2.45) is 5.41 Å². The second-order valence-corrected chi connectivity index (χ2v) is 7.89. The molecule has 1 aromatic carbocycles. The van der Waals surface area contributed by atoms with Crippen molar-refractivity contribution in [3.8, 4) is 0 Å². The van der Waals surface area contributed by atoms with E-state index in [1.165, 1.54) is 5.06 Å². The number of benzene rings is 1. The van der Waals surface area contributed by atoms with Crippen molar-refractivity contribution in [3.63, 3.8) is 0 Å². The molecule has 0 N–H and O–H groups in total. The monoisotopic (exact) mass is 346 g/mol. The third-order valence-corrected chi connectivity index (χ3v) is 4.58. The molecule has 2 aliphatic rings. The first-order valence-corrected chi connectivity index (χ1v) is 8.76. The standard InChI is InChI=1S/C19H26N2O4/c1-18(2,3)25-17(23)20-11-7-10-19(13-20)14-21(16(19)22)24-12-15-8-5-4-6-9-15/h4-6,8-9H,7,10-14H2,1-3H3. The normalized spacial score (nSPS) is 23.6. The zero-order valence-electron chi connectivity index (χ0n) is 15.2. The maximum absolute atomic E-state index is 12.6. The van der Waals surface area contributed by atoms with Gasteiger partial charge in [0.1, 0.15) is 12.2 Å². The maximum Gasteiger partial charge on any atom is 0.410 e. The van der Waals surface area contributed by atoms with Crippen LogP contribution >= 0.6 is 0 Å². The number of likely N-dealkylation sites (tertiary alicyclic amines) is 1. The van der Waals surface area contributed by atoms with Crippen LogP contribution in [-0.4, -0.2) is 47.2 Å². The number of carbonyl (C=O) groups is 2. The van der Waals surface area contributed by atoms with E-state index in [2.05, 4.69) is 0 Å². The summed E-state index contributed by atoms with van der Waals surface area (Å²) in [5.41, 5.74) is -0.0163. The van der Waals surface area contributed by atoms with Gasteiger partial charge in [-0.25, -0.2) is 9.86 Å². The predicted octanol–water partition coefficient (Wildman–Crippen LogP) is 2.98. The van der Waals surface area contributed by atoms with E-state index in [-0.39, 0.29) is 12.0 Å². The van der Waals surface area contributed by atoms with Crippen LogP contribution in [0.1, 0.15) is 39.2 Å². The molecule has 2 aliphatic heterocycles. The van der Waals surface area contributed by atoms with E-state index in [0.717, 1.165) is 18.4 Å². The predicted molar refractivity (Wildman–Crippen MR) is 92.4 cm³/mol. The molecule has 6 nitrogen and oxygen atoms in total. The van der Waals surface area contributed by atoms with Crippen LogP contribution < -0.4 is 0 Å². The molecule has 1 spiro atoms. The van der Waals surface area contributed by atoms with E-state index in [0.29, 0.717) is 26.2 Å². The van der Waals surface area contributed by atoms with Crippen molar-refractivity contribution in [2.45, 2.75) is 45.8 Å². The quantitative estimate of drug-likeness (QED) is 0.790. The minimum atomic E-state index is -0.532. The van der Waals surface area contributed by atoms with E-state index in [1.807, 2.05) is 51.1 Å². The Hall–Kier alpha value is -2.08. The van der Waals surface area contributed by atoms with Gasteiger partial charge in [-0.1, -0.05) is 30.3 Å². The van der Waals surface area contributed by atoms with Gasteiger partial charge in [0.15, 0.2) is 0 Å². The van der Waals surface area contributed by atoms with E-state index >= 15 is 0 Å². The summed E-state index contributed by atoms with van der Waals surface area (Å²) in [6, 6.07) is 9.76. The molecule has 1 atom stereocenters. The first kappa shape index (κ1) is 17.7. The first-order chi connectivity index (χ1) is 11.8. The van der Waals surface area contributed by atoms with Crippen molar-refractivity contribution >= 4 is 12.0 Å². The van der Waals surface area contributed by atoms with Crippen LogP contribution in [0.3, 0.4) is 0 Å². The Morgan fingerprint density at radius 3 is 2.56 bits per heavy atom. The Kier molecular flexibility index (Phi) is 4.73. The molecule has 6 heteroatoms. The van der Waals surface area contributed by atoms with Gasteiger partial charge >= 0.3 is 6.09 Å². The second kappa shape index (κ2) is 6.67. The topological polar surface area (TPSA) is 59.1 Å². The summed E-state index contributed by atoms with van der Waals surface area (Å²) in [5.74, 6) is -0.0308. The van der Waals surface area contributed by atoms with Crippen molar-refractivity contribution in [3.05, 3.63) is 35.9 Å². The number of hydrogen-bond acceptors (Lipinski definition) is 4. The van der Waals surface area contributed by atoms with Gasteiger partial charge in [0.05, 0.1) is 12.0 Å². The smallest absolute Gasteiger partial charge is 0.410 e. The number of amides is 2. The number of piperidine rings is 1. The molecule has 3 rings (SSSR count). The highest BCUT2D eigenvalue weighted by Gasteiger charge is 2.55. The van der Waals surface area contributed by atoms with E-state index in [4.69, 9.17) is 9.57 Å². The molecular weight excluding hydrogens is 320 g/mol. The Labute approximate surface area is 148 Å². The van der Waals surface area contributed by atoms with Gasteiger partial charge in [-0.15, -0.1) is 0 Å². The number of hydrogen-bond donors (Lipinski definition) is 0. The first-order valence-electron chi connectivity index (χ1n) is 8.76.